The van der Waals surface area contributed by atoms with Gasteiger partial charge in [-0.1, -0.05) is 19.1 Å². The van der Waals surface area contributed by atoms with Crippen LogP contribution >= 0.6 is 0 Å². The van der Waals surface area contributed by atoms with Gasteiger partial charge in [0.1, 0.15) is 5.75 Å². The molecule has 0 bridgehead atoms. The van der Waals surface area contributed by atoms with Crippen molar-refractivity contribution in [3.63, 3.8) is 0 Å². The summed E-state index contributed by atoms with van der Waals surface area (Å²) in [4.78, 5) is 12.0. The van der Waals surface area contributed by atoms with Gasteiger partial charge in [0.05, 0.1) is 13.2 Å². The Morgan fingerprint density at radius 3 is 3.05 bits per heavy atom. The first kappa shape index (κ1) is 13.9. The molecule has 1 amide bonds. The fraction of sp³-hybridized carbons (Fsp3) is 0.533. The van der Waals surface area contributed by atoms with Gasteiger partial charge in [-0.05, 0) is 43.0 Å². The fourth-order valence-corrected chi connectivity index (χ4v) is 2.45. The van der Waals surface area contributed by atoms with Crippen LogP contribution in [-0.2, 0) is 11.2 Å². The molecule has 0 saturated carbocycles. The van der Waals surface area contributed by atoms with Crippen molar-refractivity contribution in [1.82, 2.24) is 10.6 Å². The van der Waals surface area contributed by atoms with E-state index < -0.39 is 0 Å². The van der Waals surface area contributed by atoms with Crippen molar-refractivity contribution in [2.75, 3.05) is 20.2 Å². The van der Waals surface area contributed by atoms with E-state index in [1.807, 2.05) is 24.3 Å². The van der Waals surface area contributed by atoms with E-state index in [-0.39, 0.29) is 11.9 Å². The van der Waals surface area contributed by atoms with Gasteiger partial charge >= 0.3 is 0 Å². The third-order valence-corrected chi connectivity index (χ3v) is 3.66. The summed E-state index contributed by atoms with van der Waals surface area (Å²) < 4.78 is 5.18. The van der Waals surface area contributed by atoms with Crippen LogP contribution in [0.4, 0.5) is 0 Å². The number of rotatable bonds is 5. The maximum Gasteiger partial charge on any atom is 0.237 e. The highest BCUT2D eigenvalue weighted by Crippen LogP contribution is 2.15. The minimum Gasteiger partial charge on any atom is -0.497 e. The standard InChI is InChI=1S/C15H22N2O2/c1-11-6-8-16-14(11)15(18)17-9-7-12-4-3-5-13(10-12)19-2/h3-5,10-11,14,16H,6-9H2,1-2H3,(H,17,18). The molecule has 0 aromatic heterocycles. The maximum absolute atomic E-state index is 12.0. The van der Waals surface area contributed by atoms with Crippen LogP contribution in [0.25, 0.3) is 0 Å². The van der Waals surface area contributed by atoms with E-state index in [1.165, 1.54) is 5.56 Å². The predicted molar refractivity (Wildman–Crippen MR) is 75.3 cm³/mol. The summed E-state index contributed by atoms with van der Waals surface area (Å²) in [6.07, 6.45) is 1.90. The van der Waals surface area contributed by atoms with Crippen LogP contribution in [0.3, 0.4) is 0 Å². The molecule has 1 aromatic carbocycles. The summed E-state index contributed by atoms with van der Waals surface area (Å²) in [6.45, 7) is 3.72. The van der Waals surface area contributed by atoms with Crippen molar-refractivity contribution in [2.24, 2.45) is 5.92 Å². The molecule has 19 heavy (non-hydrogen) atoms. The van der Waals surface area contributed by atoms with Crippen molar-refractivity contribution in [1.29, 1.82) is 0 Å². The largest absolute Gasteiger partial charge is 0.497 e. The molecular formula is C15H22N2O2. The minimum atomic E-state index is -0.0229. The van der Waals surface area contributed by atoms with Crippen molar-refractivity contribution in [2.45, 2.75) is 25.8 Å². The molecule has 104 valence electrons. The van der Waals surface area contributed by atoms with Gasteiger partial charge in [-0.3, -0.25) is 4.79 Å². The molecule has 1 aliphatic rings. The number of hydrogen-bond donors (Lipinski definition) is 2. The lowest BCUT2D eigenvalue weighted by molar-refractivity contribution is -0.123. The van der Waals surface area contributed by atoms with Gasteiger partial charge < -0.3 is 15.4 Å². The Balaban J connectivity index is 1.78. The molecule has 1 aliphatic heterocycles. The number of benzene rings is 1. The Bertz CT molecular complexity index is 434. The summed E-state index contributed by atoms with van der Waals surface area (Å²) in [5.74, 6) is 1.40. The summed E-state index contributed by atoms with van der Waals surface area (Å²) in [6, 6.07) is 7.92. The van der Waals surface area contributed by atoms with Crippen LogP contribution in [0.5, 0.6) is 5.75 Å². The molecule has 0 aliphatic carbocycles. The Morgan fingerprint density at radius 2 is 2.37 bits per heavy atom. The second kappa shape index (κ2) is 6.57. The Morgan fingerprint density at radius 1 is 1.53 bits per heavy atom. The molecule has 4 nitrogen and oxygen atoms in total. The molecule has 0 spiro atoms. The molecule has 1 aromatic rings. The van der Waals surface area contributed by atoms with Crippen LogP contribution < -0.4 is 15.4 Å². The normalized spacial score (nSPS) is 22.2. The van der Waals surface area contributed by atoms with E-state index in [0.29, 0.717) is 12.5 Å². The highest BCUT2D eigenvalue weighted by Gasteiger charge is 2.28. The first-order chi connectivity index (χ1) is 9.20. The Hall–Kier alpha value is -1.55. The smallest absolute Gasteiger partial charge is 0.237 e. The molecule has 1 heterocycles. The molecule has 2 atom stereocenters. The number of methoxy groups -OCH3 is 1. The maximum atomic E-state index is 12.0. The number of ether oxygens (including phenoxy) is 1. The van der Waals surface area contributed by atoms with Gasteiger partial charge in [-0.25, -0.2) is 0 Å². The third-order valence-electron chi connectivity index (χ3n) is 3.66. The average molecular weight is 262 g/mol. The molecule has 2 rings (SSSR count). The molecular weight excluding hydrogens is 240 g/mol. The monoisotopic (exact) mass is 262 g/mol. The van der Waals surface area contributed by atoms with Gasteiger partial charge in [0.2, 0.25) is 5.91 Å². The molecule has 2 N–H and O–H groups in total. The fourth-order valence-electron chi connectivity index (χ4n) is 2.45. The highest BCUT2D eigenvalue weighted by atomic mass is 16.5. The lowest BCUT2D eigenvalue weighted by atomic mass is 10.0. The third kappa shape index (κ3) is 3.70. The molecule has 4 heteroatoms. The van der Waals surface area contributed by atoms with Crippen LogP contribution in [0.1, 0.15) is 18.9 Å². The predicted octanol–water partition coefficient (Wildman–Crippen LogP) is 1.35. The van der Waals surface area contributed by atoms with E-state index >= 15 is 0 Å². The number of carbonyl (C=O) groups is 1. The summed E-state index contributed by atoms with van der Waals surface area (Å²) in [5.41, 5.74) is 1.17. The van der Waals surface area contributed by atoms with Gasteiger partial charge in [0.25, 0.3) is 0 Å². The zero-order chi connectivity index (χ0) is 13.7. The van der Waals surface area contributed by atoms with E-state index in [1.54, 1.807) is 7.11 Å². The van der Waals surface area contributed by atoms with Crippen LogP contribution in [0, 0.1) is 5.92 Å². The number of hydrogen-bond acceptors (Lipinski definition) is 3. The van der Waals surface area contributed by atoms with Gasteiger partial charge in [0, 0.05) is 6.54 Å². The highest BCUT2D eigenvalue weighted by molar-refractivity contribution is 5.82. The topological polar surface area (TPSA) is 50.4 Å². The number of carbonyl (C=O) groups excluding carboxylic acids is 1. The summed E-state index contributed by atoms with van der Waals surface area (Å²) in [7, 11) is 1.66. The van der Waals surface area contributed by atoms with Crippen molar-refractivity contribution < 1.29 is 9.53 Å². The molecule has 0 radical (unpaired) electrons. The first-order valence-electron chi connectivity index (χ1n) is 6.84. The minimum absolute atomic E-state index is 0.0229. The summed E-state index contributed by atoms with van der Waals surface area (Å²) in [5, 5.41) is 6.24. The first-order valence-corrected chi connectivity index (χ1v) is 6.84. The van der Waals surface area contributed by atoms with Crippen molar-refractivity contribution >= 4 is 5.91 Å². The molecule has 1 fully saturated rings. The van der Waals surface area contributed by atoms with Gasteiger partial charge in [0.15, 0.2) is 0 Å². The number of amides is 1. The van der Waals surface area contributed by atoms with E-state index in [4.69, 9.17) is 4.74 Å². The average Bonchev–Trinajstić information content (AvgIpc) is 2.85. The molecule has 1 saturated heterocycles. The second-order valence-electron chi connectivity index (χ2n) is 5.09. The van der Waals surface area contributed by atoms with Crippen molar-refractivity contribution in [3.8, 4) is 5.75 Å². The van der Waals surface area contributed by atoms with Crippen LogP contribution in [0.2, 0.25) is 0 Å². The lowest BCUT2D eigenvalue weighted by Gasteiger charge is -2.15. The van der Waals surface area contributed by atoms with E-state index in [9.17, 15) is 4.79 Å². The van der Waals surface area contributed by atoms with E-state index in [2.05, 4.69) is 17.6 Å². The Kier molecular flexibility index (Phi) is 4.80. The van der Waals surface area contributed by atoms with Crippen LogP contribution in [-0.4, -0.2) is 32.1 Å². The quantitative estimate of drug-likeness (QED) is 0.842. The van der Waals surface area contributed by atoms with E-state index in [0.717, 1.165) is 25.1 Å². The Labute approximate surface area is 114 Å². The van der Waals surface area contributed by atoms with Crippen molar-refractivity contribution in [3.05, 3.63) is 29.8 Å². The number of nitrogens with one attached hydrogen (secondary N) is 2. The zero-order valence-corrected chi connectivity index (χ0v) is 11.6. The lowest BCUT2D eigenvalue weighted by Crippen LogP contribution is -2.43. The van der Waals surface area contributed by atoms with Gasteiger partial charge in [-0.15, -0.1) is 0 Å². The zero-order valence-electron chi connectivity index (χ0n) is 11.6. The second-order valence-corrected chi connectivity index (χ2v) is 5.09. The SMILES string of the molecule is COc1cccc(CCNC(=O)C2NCCC2C)c1. The van der Waals surface area contributed by atoms with Crippen LogP contribution in [0.15, 0.2) is 24.3 Å². The summed E-state index contributed by atoms with van der Waals surface area (Å²) >= 11 is 0. The molecule has 2 unspecified atom stereocenters. The van der Waals surface area contributed by atoms with Gasteiger partial charge in [-0.2, -0.15) is 0 Å².